The van der Waals surface area contributed by atoms with Crippen LogP contribution in [0.4, 0.5) is 0 Å². The second-order valence-electron chi connectivity index (χ2n) is 4.13. The maximum atomic E-state index is 9.81. The van der Waals surface area contributed by atoms with Crippen LogP contribution in [0.25, 0.3) is 0 Å². The van der Waals surface area contributed by atoms with Gasteiger partial charge in [-0.25, -0.2) is 0 Å². The predicted octanol–water partition coefficient (Wildman–Crippen LogP) is 0.979. The van der Waals surface area contributed by atoms with Crippen LogP contribution in [0.3, 0.4) is 0 Å². The number of halogens is 1. The molecule has 0 aliphatic carbocycles. The van der Waals surface area contributed by atoms with Gasteiger partial charge in [-0.1, -0.05) is 0 Å². The summed E-state index contributed by atoms with van der Waals surface area (Å²) in [6.45, 7) is 2.55. The molecular weight excluding hydrogens is 253 g/mol. The van der Waals surface area contributed by atoms with Gasteiger partial charge >= 0.3 is 0 Å². The maximum Gasteiger partial charge on any atom is 0.165 e. The summed E-state index contributed by atoms with van der Waals surface area (Å²) in [6, 6.07) is 0. The quantitative estimate of drug-likeness (QED) is 0.300. The Morgan fingerprint density at radius 3 is 2.27 bits per heavy atom. The van der Waals surface area contributed by atoms with Crippen molar-refractivity contribution in [3.05, 3.63) is 0 Å². The number of piperidine rings is 3. The molecule has 2 atom stereocenters. The fourth-order valence-corrected chi connectivity index (χ4v) is 3.50. The first-order valence-electron chi connectivity index (χ1n) is 4.30. The van der Waals surface area contributed by atoms with E-state index in [9.17, 15) is 5.11 Å². The number of hydrogen-bond acceptors (Lipinski definition) is 1. The smallest absolute Gasteiger partial charge is 0.165 e. The normalized spacial score (nSPS) is 56.5. The molecule has 3 heteroatoms. The lowest BCUT2D eigenvalue weighted by atomic mass is 9.84. The highest BCUT2D eigenvalue weighted by atomic mass is 127. The van der Waals surface area contributed by atoms with E-state index in [1.165, 1.54) is 25.9 Å². The molecule has 0 aromatic heterocycles. The standard InChI is InChI=1S/C8H15INO/c1-10-4-2-6(3-5-10)7(11)8(10)9/h6-8,11H,2-5H2,1H3/q+1. The van der Waals surface area contributed by atoms with Crippen molar-refractivity contribution in [2.75, 3.05) is 20.1 Å². The van der Waals surface area contributed by atoms with Crippen LogP contribution in [0, 0.1) is 5.92 Å². The summed E-state index contributed by atoms with van der Waals surface area (Å²) in [6.07, 6.45) is 2.43. The molecule has 2 unspecified atom stereocenters. The van der Waals surface area contributed by atoms with Crippen LogP contribution in [-0.2, 0) is 0 Å². The van der Waals surface area contributed by atoms with Gasteiger partial charge < -0.3 is 9.59 Å². The second-order valence-corrected chi connectivity index (χ2v) is 5.40. The van der Waals surface area contributed by atoms with Crippen molar-refractivity contribution in [2.24, 2.45) is 5.92 Å². The molecule has 1 N–H and O–H groups in total. The molecule has 3 aliphatic heterocycles. The van der Waals surface area contributed by atoms with Gasteiger partial charge in [-0.2, -0.15) is 0 Å². The topological polar surface area (TPSA) is 20.2 Å². The van der Waals surface area contributed by atoms with Gasteiger partial charge in [0.25, 0.3) is 0 Å². The van der Waals surface area contributed by atoms with Crippen LogP contribution in [0.15, 0.2) is 0 Å². The van der Waals surface area contributed by atoms with Crippen LogP contribution in [-0.4, -0.2) is 39.9 Å². The number of likely N-dealkylation sites (N-methyl/N-ethyl adjacent to an activating group) is 1. The molecule has 3 rings (SSSR count). The molecule has 3 aliphatic rings. The fraction of sp³-hybridized carbons (Fsp3) is 1.00. The van der Waals surface area contributed by atoms with Crippen molar-refractivity contribution in [2.45, 2.75) is 23.0 Å². The molecule has 0 aromatic rings. The van der Waals surface area contributed by atoms with Crippen molar-refractivity contribution in [1.29, 1.82) is 0 Å². The molecule has 0 aromatic carbocycles. The summed E-state index contributed by atoms with van der Waals surface area (Å²) in [5, 5.41) is 9.81. The third-order valence-corrected chi connectivity index (χ3v) is 5.46. The van der Waals surface area contributed by atoms with Gasteiger partial charge in [0.05, 0.1) is 20.1 Å². The Balaban J connectivity index is 2.23. The molecule has 2 bridgehead atoms. The van der Waals surface area contributed by atoms with E-state index in [1.54, 1.807) is 0 Å². The van der Waals surface area contributed by atoms with Crippen LogP contribution >= 0.6 is 22.6 Å². The zero-order chi connectivity index (χ0) is 8.06. The summed E-state index contributed by atoms with van der Waals surface area (Å²) in [7, 11) is 2.27. The number of aliphatic hydroxyl groups is 1. The number of rotatable bonds is 0. The van der Waals surface area contributed by atoms with Gasteiger partial charge in [0, 0.05) is 18.8 Å². The average Bonchev–Trinajstić information content (AvgIpc) is 2.01. The van der Waals surface area contributed by atoms with E-state index >= 15 is 0 Å². The Hall–Kier alpha value is 0.650. The fourth-order valence-electron chi connectivity index (χ4n) is 2.36. The minimum absolute atomic E-state index is 0.0388. The minimum atomic E-state index is -0.0388. The van der Waals surface area contributed by atoms with Crippen molar-refractivity contribution in [1.82, 2.24) is 0 Å². The molecule has 0 radical (unpaired) electrons. The molecule has 64 valence electrons. The van der Waals surface area contributed by atoms with Gasteiger partial charge in [-0.15, -0.1) is 0 Å². The molecule has 11 heavy (non-hydrogen) atoms. The van der Waals surface area contributed by atoms with E-state index in [-0.39, 0.29) is 6.10 Å². The Labute approximate surface area is 81.3 Å². The van der Waals surface area contributed by atoms with E-state index in [0.717, 1.165) is 4.48 Å². The number of quaternary nitrogens is 1. The first-order valence-corrected chi connectivity index (χ1v) is 5.54. The molecule has 0 amide bonds. The third-order valence-electron chi connectivity index (χ3n) is 3.38. The Morgan fingerprint density at radius 2 is 1.91 bits per heavy atom. The van der Waals surface area contributed by atoms with Gasteiger partial charge in [-0.3, -0.25) is 0 Å². The number of aliphatic hydroxyl groups excluding tert-OH is 1. The number of nitrogens with zero attached hydrogens (tertiary/aromatic N) is 1. The predicted molar refractivity (Wildman–Crippen MR) is 52.5 cm³/mol. The van der Waals surface area contributed by atoms with Crippen LogP contribution < -0.4 is 0 Å². The first-order chi connectivity index (χ1) is 5.13. The van der Waals surface area contributed by atoms with E-state index in [0.29, 0.717) is 9.97 Å². The first kappa shape index (κ1) is 8.26. The Morgan fingerprint density at radius 1 is 1.36 bits per heavy atom. The number of alkyl halides is 1. The molecule has 0 saturated carbocycles. The summed E-state index contributed by atoms with van der Waals surface area (Å²) in [5.74, 6) is 0.608. The number of fused-ring (bicyclic) bond motifs is 3. The SMILES string of the molecule is C[N+]12CCC(CC1)C(O)C2I. The van der Waals surface area contributed by atoms with E-state index in [4.69, 9.17) is 0 Å². The molecule has 2 nitrogen and oxygen atoms in total. The van der Waals surface area contributed by atoms with Crippen LogP contribution in [0.2, 0.25) is 0 Å². The highest BCUT2D eigenvalue weighted by molar-refractivity contribution is 14.1. The maximum absolute atomic E-state index is 9.81. The van der Waals surface area contributed by atoms with Crippen LogP contribution in [0.5, 0.6) is 0 Å². The van der Waals surface area contributed by atoms with Gasteiger partial charge in [0.1, 0.15) is 6.10 Å². The summed E-state index contributed by atoms with van der Waals surface area (Å²) >= 11 is 2.41. The Bertz CT molecular complexity index is 165. The van der Waals surface area contributed by atoms with Crippen molar-refractivity contribution >= 4 is 22.6 Å². The minimum Gasteiger partial charge on any atom is -0.386 e. The summed E-state index contributed by atoms with van der Waals surface area (Å²) in [4.78, 5) is 0. The monoisotopic (exact) mass is 268 g/mol. The summed E-state index contributed by atoms with van der Waals surface area (Å²) in [5.41, 5.74) is 0. The third kappa shape index (κ3) is 1.12. The number of hydrogen-bond donors (Lipinski definition) is 1. The van der Waals surface area contributed by atoms with Crippen molar-refractivity contribution in [3.63, 3.8) is 0 Å². The largest absolute Gasteiger partial charge is 0.386 e. The molecular formula is C8H15INO+. The zero-order valence-corrected chi connectivity index (χ0v) is 8.99. The summed E-state index contributed by atoms with van der Waals surface area (Å²) < 4.78 is 1.54. The Kier molecular flexibility index (Phi) is 1.93. The second kappa shape index (κ2) is 2.57. The van der Waals surface area contributed by atoms with Crippen LogP contribution in [0.1, 0.15) is 12.8 Å². The lowest BCUT2D eigenvalue weighted by Gasteiger charge is -2.52. The highest BCUT2D eigenvalue weighted by Crippen LogP contribution is 2.39. The lowest BCUT2D eigenvalue weighted by molar-refractivity contribution is -0.934. The van der Waals surface area contributed by atoms with Gasteiger partial charge in [-0.05, 0) is 22.6 Å². The van der Waals surface area contributed by atoms with Crippen molar-refractivity contribution in [3.8, 4) is 0 Å². The lowest BCUT2D eigenvalue weighted by Crippen LogP contribution is -2.65. The average molecular weight is 268 g/mol. The molecule has 0 spiro atoms. The molecule has 3 heterocycles. The molecule has 3 fully saturated rings. The molecule has 3 saturated heterocycles. The highest BCUT2D eigenvalue weighted by Gasteiger charge is 2.49. The van der Waals surface area contributed by atoms with Crippen molar-refractivity contribution < 1.29 is 9.59 Å². The van der Waals surface area contributed by atoms with Gasteiger partial charge in [0.2, 0.25) is 0 Å². The van der Waals surface area contributed by atoms with E-state index < -0.39 is 0 Å². The van der Waals surface area contributed by atoms with E-state index in [1.807, 2.05) is 0 Å². The van der Waals surface area contributed by atoms with Gasteiger partial charge in [0.15, 0.2) is 4.05 Å². The zero-order valence-electron chi connectivity index (χ0n) is 6.83. The van der Waals surface area contributed by atoms with E-state index in [2.05, 4.69) is 29.6 Å².